The van der Waals surface area contributed by atoms with E-state index >= 15 is 0 Å². The molecule has 2 rings (SSSR count). The van der Waals surface area contributed by atoms with Crippen LogP contribution in [0.3, 0.4) is 0 Å². The van der Waals surface area contributed by atoms with E-state index < -0.39 is 12.7 Å². The number of halogens is 3. The molecular formula is C15H23F3N4O. The molecule has 0 aromatic carbocycles. The summed E-state index contributed by atoms with van der Waals surface area (Å²) in [7, 11) is 0. The van der Waals surface area contributed by atoms with Gasteiger partial charge in [-0.25, -0.2) is 4.99 Å². The Kier molecular flexibility index (Phi) is 6.32. The number of nitrogens with one attached hydrogen (secondary N) is 2. The number of aliphatic imine (C=N–C) groups is 1. The minimum Gasteiger partial charge on any atom is -0.467 e. The van der Waals surface area contributed by atoms with Crippen LogP contribution in [0.5, 0.6) is 0 Å². The number of rotatable bonds is 6. The fourth-order valence-electron chi connectivity index (χ4n) is 2.62. The van der Waals surface area contributed by atoms with Gasteiger partial charge < -0.3 is 15.1 Å². The molecule has 0 spiro atoms. The molecule has 1 fully saturated rings. The molecule has 1 aromatic heterocycles. The van der Waals surface area contributed by atoms with Gasteiger partial charge in [-0.1, -0.05) is 0 Å². The molecule has 0 saturated carbocycles. The lowest BCUT2D eigenvalue weighted by atomic mass is 10.1. The van der Waals surface area contributed by atoms with Gasteiger partial charge >= 0.3 is 6.18 Å². The lowest BCUT2D eigenvalue weighted by Gasteiger charge is -2.18. The molecule has 23 heavy (non-hydrogen) atoms. The molecule has 1 aliphatic heterocycles. The molecule has 8 heteroatoms. The van der Waals surface area contributed by atoms with E-state index in [0.717, 1.165) is 18.7 Å². The smallest absolute Gasteiger partial charge is 0.401 e. The summed E-state index contributed by atoms with van der Waals surface area (Å²) in [4.78, 5) is 5.86. The number of guanidine groups is 1. The Morgan fingerprint density at radius 3 is 2.91 bits per heavy atom. The van der Waals surface area contributed by atoms with Crippen LogP contribution in [0.4, 0.5) is 13.2 Å². The van der Waals surface area contributed by atoms with Crippen molar-refractivity contribution in [3.63, 3.8) is 0 Å². The largest absolute Gasteiger partial charge is 0.467 e. The number of alkyl halides is 3. The summed E-state index contributed by atoms with van der Waals surface area (Å²) >= 11 is 0. The van der Waals surface area contributed by atoms with E-state index in [1.54, 1.807) is 12.3 Å². The minimum atomic E-state index is -4.12. The fraction of sp³-hybridized carbons (Fsp3) is 0.667. The van der Waals surface area contributed by atoms with Gasteiger partial charge in [0.25, 0.3) is 0 Å². The van der Waals surface area contributed by atoms with E-state index in [1.165, 1.54) is 4.90 Å². The van der Waals surface area contributed by atoms with Crippen molar-refractivity contribution >= 4 is 5.96 Å². The first-order chi connectivity index (χ1) is 11.0. The van der Waals surface area contributed by atoms with E-state index in [4.69, 9.17) is 4.42 Å². The van der Waals surface area contributed by atoms with Crippen LogP contribution in [0.15, 0.2) is 27.8 Å². The van der Waals surface area contributed by atoms with Crippen molar-refractivity contribution in [3.05, 3.63) is 24.2 Å². The molecule has 0 radical (unpaired) electrons. The molecule has 0 aliphatic carbocycles. The second-order valence-corrected chi connectivity index (χ2v) is 5.66. The molecule has 0 bridgehead atoms. The third-order valence-electron chi connectivity index (χ3n) is 3.65. The van der Waals surface area contributed by atoms with E-state index in [9.17, 15) is 13.2 Å². The first-order valence-corrected chi connectivity index (χ1v) is 7.80. The quantitative estimate of drug-likeness (QED) is 0.620. The molecule has 1 atom stereocenters. The maximum atomic E-state index is 12.4. The lowest BCUT2D eigenvalue weighted by molar-refractivity contribution is -0.143. The molecule has 1 aliphatic rings. The number of likely N-dealkylation sites (tertiary alicyclic amines) is 1. The molecule has 130 valence electrons. The Balaban J connectivity index is 1.77. The van der Waals surface area contributed by atoms with Gasteiger partial charge in [-0.05, 0) is 37.9 Å². The van der Waals surface area contributed by atoms with Crippen molar-refractivity contribution in [1.82, 2.24) is 15.5 Å². The number of hydrogen-bond donors (Lipinski definition) is 2. The number of hydrogen-bond acceptors (Lipinski definition) is 3. The Hall–Kier alpha value is -1.70. The third kappa shape index (κ3) is 6.52. The van der Waals surface area contributed by atoms with Gasteiger partial charge in [-0.3, -0.25) is 4.90 Å². The summed E-state index contributed by atoms with van der Waals surface area (Å²) in [5.74, 6) is 1.61. The fourth-order valence-corrected chi connectivity index (χ4v) is 2.62. The Labute approximate surface area is 133 Å². The molecule has 1 saturated heterocycles. The van der Waals surface area contributed by atoms with Gasteiger partial charge in [0.2, 0.25) is 0 Å². The molecule has 2 heterocycles. The van der Waals surface area contributed by atoms with Crippen molar-refractivity contribution in [2.75, 3.05) is 32.7 Å². The maximum absolute atomic E-state index is 12.4. The Morgan fingerprint density at radius 1 is 1.43 bits per heavy atom. The summed E-state index contributed by atoms with van der Waals surface area (Å²) in [5, 5.41) is 6.32. The summed E-state index contributed by atoms with van der Waals surface area (Å²) in [6.07, 6.45) is -1.76. The summed E-state index contributed by atoms with van der Waals surface area (Å²) in [6, 6.07) is 3.65. The van der Waals surface area contributed by atoms with Crippen LogP contribution in [-0.2, 0) is 6.54 Å². The van der Waals surface area contributed by atoms with Crippen LogP contribution in [0.2, 0.25) is 0 Å². The van der Waals surface area contributed by atoms with Gasteiger partial charge in [-0.2, -0.15) is 13.2 Å². The maximum Gasteiger partial charge on any atom is 0.401 e. The lowest BCUT2D eigenvalue weighted by Crippen LogP contribution is -2.40. The predicted octanol–water partition coefficient (Wildman–Crippen LogP) is 2.22. The highest BCUT2D eigenvalue weighted by atomic mass is 19.4. The summed E-state index contributed by atoms with van der Waals surface area (Å²) in [6.45, 7) is 3.84. The van der Waals surface area contributed by atoms with E-state index in [-0.39, 0.29) is 5.92 Å². The molecule has 2 N–H and O–H groups in total. The van der Waals surface area contributed by atoms with Crippen molar-refractivity contribution in [1.29, 1.82) is 0 Å². The van der Waals surface area contributed by atoms with Crippen LogP contribution >= 0.6 is 0 Å². The van der Waals surface area contributed by atoms with Gasteiger partial charge in [0.15, 0.2) is 5.96 Å². The molecule has 5 nitrogen and oxygen atoms in total. The zero-order chi connectivity index (χ0) is 16.7. The van der Waals surface area contributed by atoms with Crippen LogP contribution in [0, 0.1) is 5.92 Å². The SMILES string of the molecule is CCNC(=NCc1ccco1)NCC1CCN(CC(F)(F)F)C1. The van der Waals surface area contributed by atoms with Crippen molar-refractivity contribution in [2.24, 2.45) is 10.9 Å². The minimum absolute atomic E-state index is 0.199. The molecule has 1 aromatic rings. The van der Waals surface area contributed by atoms with Crippen molar-refractivity contribution in [2.45, 2.75) is 26.1 Å². The Morgan fingerprint density at radius 2 is 2.26 bits per heavy atom. The standard InChI is InChI=1S/C15H23F3N4O/c1-2-19-14(21-9-13-4-3-7-23-13)20-8-12-5-6-22(10-12)11-15(16,17)18/h3-4,7,12H,2,5-6,8-11H2,1H3,(H2,19,20,21). The van der Waals surface area contributed by atoms with E-state index in [0.29, 0.717) is 32.1 Å². The predicted molar refractivity (Wildman–Crippen MR) is 82.1 cm³/mol. The van der Waals surface area contributed by atoms with Gasteiger partial charge in [0, 0.05) is 19.6 Å². The first kappa shape index (κ1) is 17.7. The van der Waals surface area contributed by atoms with Crippen LogP contribution in [0.25, 0.3) is 0 Å². The topological polar surface area (TPSA) is 52.8 Å². The molecule has 1 unspecified atom stereocenters. The summed E-state index contributed by atoms with van der Waals surface area (Å²) < 4.78 is 42.4. The number of furan rings is 1. The highest BCUT2D eigenvalue weighted by molar-refractivity contribution is 5.79. The highest BCUT2D eigenvalue weighted by Crippen LogP contribution is 2.22. The first-order valence-electron chi connectivity index (χ1n) is 7.80. The van der Waals surface area contributed by atoms with Gasteiger partial charge in [0.05, 0.1) is 12.8 Å². The van der Waals surface area contributed by atoms with Crippen LogP contribution in [-0.4, -0.2) is 49.8 Å². The second kappa shape index (κ2) is 8.24. The van der Waals surface area contributed by atoms with Crippen LogP contribution < -0.4 is 10.6 Å². The molecule has 0 amide bonds. The Bertz CT molecular complexity index is 487. The average molecular weight is 332 g/mol. The third-order valence-corrected chi connectivity index (χ3v) is 3.65. The normalized spacial score (nSPS) is 20.0. The number of nitrogens with zero attached hydrogens (tertiary/aromatic N) is 2. The van der Waals surface area contributed by atoms with Gasteiger partial charge in [0.1, 0.15) is 12.3 Å². The van der Waals surface area contributed by atoms with Crippen molar-refractivity contribution < 1.29 is 17.6 Å². The second-order valence-electron chi connectivity index (χ2n) is 5.66. The average Bonchev–Trinajstić information content (AvgIpc) is 3.12. The summed E-state index contributed by atoms with van der Waals surface area (Å²) in [5.41, 5.74) is 0. The van der Waals surface area contributed by atoms with Gasteiger partial charge in [-0.15, -0.1) is 0 Å². The molecular weight excluding hydrogens is 309 g/mol. The van der Waals surface area contributed by atoms with E-state index in [1.807, 2.05) is 13.0 Å². The van der Waals surface area contributed by atoms with Crippen molar-refractivity contribution in [3.8, 4) is 0 Å². The zero-order valence-electron chi connectivity index (χ0n) is 13.2. The van der Waals surface area contributed by atoms with E-state index in [2.05, 4.69) is 15.6 Å². The van der Waals surface area contributed by atoms with Crippen LogP contribution in [0.1, 0.15) is 19.1 Å². The zero-order valence-corrected chi connectivity index (χ0v) is 13.2. The highest BCUT2D eigenvalue weighted by Gasteiger charge is 2.34. The monoisotopic (exact) mass is 332 g/mol.